The lowest BCUT2D eigenvalue weighted by molar-refractivity contribution is 0.0240. The van der Waals surface area contributed by atoms with Gasteiger partial charge in [-0.2, -0.15) is 0 Å². The number of ether oxygens (including phenoxy) is 1. The number of piperazine rings is 1. The molecule has 0 radical (unpaired) electrons. The van der Waals surface area contributed by atoms with E-state index in [4.69, 9.17) is 9.72 Å². The Kier molecular flexibility index (Phi) is 5.50. The average Bonchev–Trinajstić information content (AvgIpc) is 3.16. The zero-order valence-corrected chi connectivity index (χ0v) is 20.8. The van der Waals surface area contributed by atoms with Crippen LogP contribution >= 0.6 is 11.3 Å². The fourth-order valence-corrected chi connectivity index (χ4v) is 5.91. The van der Waals surface area contributed by atoms with Crippen molar-refractivity contribution < 1.29 is 9.53 Å². The molecule has 4 heterocycles. The average molecular weight is 470 g/mol. The molecule has 1 aliphatic carbocycles. The Morgan fingerprint density at radius 3 is 2.39 bits per heavy atom. The van der Waals surface area contributed by atoms with Gasteiger partial charge in [-0.05, 0) is 62.8 Å². The number of carbonyl (C=O) groups is 1. The standard InChI is InChI=1S/C23H31N7O2S/c1-23(2,3)32-22(31)30-12-10-29(11-13-30)20-18-17(25-27-26-20)16-14-8-6-7-9-15(14)19(28(4)5)24-21(16)33-18/h6-13H2,1-5H3. The van der Waals surface area contributed by atoms with Crippen molar-refractivity contribution in [3.05, 3.63) is 11.1 Å². The molecule has 9 nitrogen and oxygen atoms in total. The fourth-order valence-electron chi connectivity index (χ4n) is 4.76. The summed E-state index contributed by atoms with van der Waals surface area (Å²) in [5.41, 5.74) is 3.14. The first kappa shape index (κ1) is 22.1. The van der Waals surface area contributed by atoms with Crippen LogP contribution in [0.5, 0.6) is 0 Å². The van der Waals surface area contributed by atoms with Gasteiger partial charge in [-0.3, -0.25) is 0 Å². The molecule has 0 bridgehead atoms. The summed E-state index contributed by atoms with van der Waals surface area (Å²) in [5, 5.41) is 14.2. The second-order valence-corrected chi connectivity index (χ2v) is 11.0. The Morgan fingerprint density at radius 2 is 1.73 bits per heavy atom. The van der Waals surface area contributed by atoms with Crippen LogP contribution in [0.25, 0.3) is 20.4 Å². The van der Waals surface area contributed by atoms with Gasteiger partial charge in [0.05, 0.1) is 0 Å². The quantitative estimate of drug-likeness (QED) is 0.562. The summed E-state index contributed by atoms with van der Waals surface area (Å²) in [6, 6.07) is 0. The van der Waals surface area contributed by atoms with Crippen molar-refractivity contribution in [2.24, 2.45) is 0 Å². The molecule has 1 fully saturated rings. The molecule has 10 heteroatoms. The van der Waals surface area contributed by atoms with Crippen LogP contribution in [-0.2, 0) is 17.6 Å². The van der Waals surface area contributed by atoms with Crippen molar-refractivity contribution in [2.45, 2.75) is 52.1 Å². The highest BCUT2D eigenvalue weighted by Crippen LogP contribution is 2.42. The third-order valence-corrected chi connectivity index (χ3v) is 7.32. The van der Waals surface area contributed by atoms with Crippen LogP contribution < -0.4 is 9.80 Å². The van der Waals surface area contributed by atoms with Gasteiger partial charge in [0.15, 0.2) is 5.82 Å². The number of carbonyl (C=O) groups excluding carboxylic acids is 1. The fraction of sp³-hybridized carbons (Fsp3) is 0.609. The van der Waals surface area contributed by atoms with E-state index < -0.39 is 5.60 Å². The molecule has 33 heavy (non-hydrogen) atoms. The maximum Gasteiger partial charge on any atom is 0.410 e. The highest BCUT2D eigenvalue weighted by molar-refractivity contribution is 7.26. The van der Waals surface area contributed by atoms with Crippen molar-refractivity contribution in [1.82, 2.24) is 25.3 Å². The molecule has 1 amide bonds. The van der Waals surface area contributed by atoms with E-state index in [2.05, 4.69) is 39.3 Å². The minimum absolute atomic E-state index is 0.262. The van der Waals surface area contributed by atoms with Gasteiger partial charge in [-0.15, -0.1) is 21.5 Å². The van der Waals surface area contributed by atoms with Gasteiger partial charge in [0.1, 0.15) is 26.5 Å². The number of nitrogens with zero attached hydrogens (tertiary/aromatic N) is 7. The molecule has 1 saturated heterocycles. The molecule has 0 spiro atoms. The third-order valence-electron chi connectivity index (χ3n) is 6.25. The summed E-state index contributed by atoms with van der Waals surface area (Å²) < 4.78 is 6.56. The van der Waals surface area contributed by atoms with E-state index in [1.54, 1.807) is 16.2 Å². The van der Waals surface area contributed by atoms with E-state index in [1.165, 1.54) is 24.0 Å². The first-order valence-corrected chi connectivity index (χ1v) is 12.4. The van der Waals surface area contributed by atoms with Gasteiger partial charge in [0.25, 0.3) is 0 Å². The minimum atomic E-state index is -0.494. The number of rotatable bonds is 2. The van der Waals surface area contributed by atoms with Crippen molar-refractivity contribution in [3.63, 3.8) is 0 Å². The number of thiophene rings is 1. The molecule has 5 rings (SSSR count). The minimum Gasteiger partial charge on any atom is -0.444 e. The van der Waals surface area contributed by atoms with Crippen LogP contribution in [0.3, 0.4) is 0 Å². The van der Waals surface area contributed by atoms with Crippen LogP contribution in [0.2, 0.25) is 0 Å². The summed E-state index contributed by atoms with van der Waals surface area (Å²) >= 11 is 1.65. The molecule has 2 aliphatic rings. The highest BCUT2D eigenvalue weighted by Gasteiger charge is 2.29. The Labute approximate surface area is 197 Å². The number of hydrogen-bond acceptors (Lipinski definition) is 9. The molecule has 176 valence electrons. The zero-order chi connectivity index (χ0) is 23.3. The predicted molar refractivity (Wildman–Crippen MR) is 132 cm³/mol. The second kappa shape index (κ2) is 8.23. The summed E-state index contributed by atoms with van der Waals surface area (Å²) in [4.78, 5) is 24.6. The van der Waals surface area contributed by atoms with Crippen LogP contribution in [0, 0.1) is 0 Å². The zero-order valence-electron chi connectivity index (χ0n) is 20.0. The Bertz CT molecular complexity index is 1210. The lowest BCUT2D eigenvalue weighted by Gasteiger charge is -2.35. The molecular formula is C23H31N7O2S. The molecule has 1 aliphatic heterocycles. The van der Waals surface area contributed by atoms with E-state index in [9.17, 15) is 4.79 Å². The van der Waals surface area contributed by atoms with Crippen LogP contribution in [0.15, 0.2) is 0 Å². The molecule has 3 aromatic heterocycles. The van der Waals surface area contributed by atoms with Crippen LogP contribution in [0.4, 0.5) is 16.4 Å². The number of fused-ring (bicyclic) bond motifs is 5. The summed E-state index contributed by atoms with van der Waals surface area (Å²) in [6.45, 7) is 8.19. The number of hydrogen-bond donors (Lipinski definition) is 0. The maximum absolute atomic E-state index is 12.4. The summed E-state index contributed by atoms with van der Waals surface area (Å²) in [6.07, 6.45) is 4.23. The first-order chi connectivity index (χ1) is 15.7. The maximum atomic E-state index is 12.4. The SMILES string of the molecule is CN(C)c1nc2sc3c(N4CCN(C(=O)OC(C)(C)C)CC4)nnnc3c2c2c1CCCC2. The molecular weight excluding hydrogens is 438 g/mol. The number of aromatic nitrogens is 4. The summed E-state index contributed by atoms with van der Waals surface area (Å²) in [5.74, 6) is 1.90. The number of aryl methyl sites for hydroxylation is 1. The molecule has 0 aromatic carbocycles. The van der Waals surface area contributed by atoms with Gasteiger partial charge in [-0.25, -0.2) is 9.78 Å². The molecule has 0 atom stereocenters. The van der Waals surface area contributed by atoms with Crippen molar-refractivity contribution >= 4 is 49.5 Å². The van der Waals surface area contributed by atoms with Gasteiger partial charge in [-0.1, -0.05) is 0 Å². The number of anilines is 2. The van der Waals surface area contributed by atoms with Crippen molar-refractivity contribution in [2.75, 3.05) is 50.1 Å². The highest BCUT2D eigenvalue weighted by atomic mass is 32.1. The van der Waals surface area contributed by atoms with E-state index in [0.29, 0.717) is 26.2 Å². The number of amides is 1. The van der Waals surface area contributed by atoms with E-state index in [-0.39, 0.29) is 6.09 Å². The van der Waals surface area contributed by atoms with Crippen molar-refractivity contribution in [3.8, 4) is 0 Å². The van der Waals surface area contributed by atoms with Crippen LogP contribution in [0.1, 0.15) is 44.7 Å². The second-order valence-electron chi connectivity index (χ2n) is 10.0. The monoisotopic (exact) mass is 469 g/mol. The van der Waals surface area contributed by atoms with E-state index in [0.717, 1.165) is 44.9 Å². The molecule has 0 N–H and O–H groups in total. The van der Waals surface area contributed by atoms with Gasteiger partial charge >= 0.3 is 6.09 Å². The smallest absolute Gasteiger partial charge is 0.410 e. The summed E-state index contributed by atoms with van der Waals surface area (Å²) in [7, 11) is 4.13. The largest absolute Gasteiger partial charge is 0.444 e. The predicted octanol–water partition coefficient (Wildman–Crippen LogP) is 3.64. The lowest BCUT2D eigenvalue weighted by atomic mass is 9.90. The van der Waals surface area contributed by atoms with Crippen molar-refractivity contribution in [1.29, 1.82) is 0 Å². The lowest BCUT2D eigenvalue weighted by Crippen LogP contribution is -2.50. The normalized spacial score (nSPS) is 16.9. The Balaban J connectivity index is 1.50. The first-order valence-electron chi connectivity index (χ1n) is 11.6. The molecule has 0 unspecified atom stereocenters. The van der Waals surface area contributed by atoms with Crippen LogP contribution in [-0.4, -0.2) is 77.3 Å². The van der Waals surface area contributed by atoms with E-state index in [1.807, 2.05) is 20.8 Å². The van der Waals surface area contributed by atoms with E-state index >= 15 is 0 Å². The Morgan fingerprint density at radius 1 is 1.03 bits per heavy atom. The topological polar surface area (TPSA) is 87.6 Å². The molecule has 3 aromatic rings. The van der Waals surface area contributed by atoms with Gasteiger partial charge in [0, 0.05) is 45.7 Å². The Hall–Kier alpha value is -2.75. The number of pyridine rings is 1. The van der Waals surface area contributed by atoms with Gasteiger partial charge in [0.2, 0.25) is 0 Å². The van der Waals surface area contributed by atoms with Gasteiger partial charge < -0.3 is 19.4 Å². The molecule has 0 saturated carbocycles. The third kappa shape index (κ3) is 4.05.